The van der Waals surface area contributed by atoms with E-state index in [1.807, 2.05) is 12.1 Å². The first-order valence-electron chi connectivity index (χ1n) is 9.86. The van der Waals surface area contributed by atoms with Crippen LogP contribution in [0.15, 0.2) is 36.7 Å². The third-order valence-corrected chi connectivity index (χ3v) is 5.46. The zero-order valence-corrected chi connectivity index (χ0v) is 22.0. The fraction of sp³-hybridized carbons (Fsp3) is 0.600. The van der Waals surface area contributed by atoms with Crippen molar-refractivity contribution in [3.05, 3.63) is 23.7 Å². The van der Waals surface area contributed by atoms with E-state index in [-0.39, 0.29) is 38.5 Å². The molecule has 181 valence electrons. The van der Waals surface area contributed by atoms with Crippen molar-refractivity contribution in [3.63, 3.8) is 0 Å². The molecule has 1 radical (unpaired) electrons. The molecule has 1 fully saturated rings. The molecular formula is C20H31CuN7O2S2. The molecule has 1 aliphatic rings. The second kappa shape index (κ2) is 12.1. The summed E-state index contributed by atoms with van der Waals surface area (Å²) in [4.78, 5) is 10.1. The van der Waals surface area contributed by atoms with Crippen LogP contribution < -0.4 is 10.9 Å². The smallest absolute Gasteiger partial charge is 0.741 e. The van der Waals surface area contributed by atoms with E-state index in [9.17, 15) is 0 Å². The summed E-state index contributed by atoms with van der Waals surface area (Å²) in [6.07, 6.45) is 0. The second-order valence-electron chi connectivity index (χ2n) is 8.41. The van der Waals surface area contributed by atoms with Crippen LogP contribution in [0.4, 0.5) is 0 Å². The predicted molar refractivity (Wildman–Crippen MR) is 131 cm³/mol. The van der Waals surface area contributed by atoms with Crippen molar-refractivity contribution in [1.82, 2.24) is 15.8 Å². The van der Waals surface area contributed by atoms with E-state index in [2.05, 4.69) is 63.6 Å². The molecule has 0 saturated carbocycles. The maximum atomic E-state index is 6.16. The minimum atomic E-state index is -0.122. The summed E-state index contributed by atoms with van der Waals surface area (Å²) in [5.41, 5.74) is 6.21. The van der Waals surface area contributed by atoms with Gasteiger partial charge >= 0.3 is 17.1 Å². The number of amidine groups is 2. The van der Waals surface area contributed by atoms with E-state index >= 15 is 0 Å². The normalized spacial score (nSPS) is 20.0. The number of aliphatic imine (C=N–C) groups is 2. The minimum Gasteiger partial charge on any atom is -0.741 e. The molecule has 2 heterocycles. The van der Waals surface area contributed by atoms with Crippen molar-refractivity contribution in [2.45, 2.75) is 52.2 Å². The van der Waals surface area contributed by atoms with Gasteiger partial charge in [-0.25, -0.2) is 0 Å². The van der Waals surface area contributed by atoms with Crippen LogP contribution in [0.3, 0.4) is 0 Å². The van der Waals surface area contributed by atoms with Gasteiger partial charge in [0, 0.05) is 25.2 Å². The topological polar surface area (TPSA) is 99.1 Å². The summed E-state index contributed by atoms with van der Waals surface area (Å²) in [7, 11) is 3.18. The van der Waals surface area contributed by atoms with Gasteiger partial charge in [-0.3, -0.25) is 25.7 Å². The molecule has 0 aromatic carbocycles. The quantitative estimate of drug-likeness (QED) is 0.191. The summed E-state index contributed by atoms with van der Waals surface area (Å²) in [6.45, 7) is 12.5. The van der Waals surface area contributed by atoms with Crippen LogP contribution in [0.2, 0.25) is 0 Å². The van der Waals surface area contributed by atoms with Crippen LogP contribution in [0.1, 0.15) is 46.1 Å². The summed E-state index contributed by atoms with van der Waals surface area (Å²) < 4.78 is 12.0. The van der Waals surface area contributed by atoms with Crippen LogP contribution in [0, 0.1) is 0 Å². The summed E-state index contributed by atoms with van der Waals surface area (Å²) in [5, 5.41) is 9.11. The first-order valence-corrected chi connectivity index (χ1v) is 10.7. The third kappa shape index (κ3) is 7.50. The fourth-order valence-corrected chi connectivity index (χ4v) is 3.49. The van der Waals surface area contributed by atoms with E-state index in [0.717, 1.165) is 5.76 Å². The number of ether oxygens (including phenoxy) is 1. The number of nitrogens with zero attached hydrogens (tertiary/aromatic N) is 5. The molecule has 2 N–H and O–H groups in total. The van der Waals surface area contributed by atoms with E-state index < -0.39 is 0 Å². The van der Waals surface area contributed by atoms with Crippen molar-refractivity contribution in [1.29, 1.82) is 0 Å². The number of furan rings is 1. The third-order valence-electron chi connectivity index (χ3n) is 4.91. The van der Waals surface area contributed by atoms with Crippen LogP contribution in [-0.4, -0.2) is 65.0 Å². The number of morpholine rings is 1. The Morgan fingerprint density at radius 2 is 1.53 bits per heavy atom. The number of hydrogen-bond acceptors (Lipinski definition) is 9. The van der Waals surface area contributed by atoms with Gasteiger partial charge in [-0.2, -0.15) is 10.2 Å². The molecule has 1 aromatic rings. The summed E-state index contributed by atoms with van der Waals surface area (Å²) in [6, 6.07) is 3.81. The zero-order chi connectivity index (χ0) is 23.2. The van der Waals surface area contributed by atoms with E-state index in [1.54, 1.807) is 21.0 Å². The predicted octanol–water partition coefficient (Wildman–Crippen LogP) is 1.99. The largest absolute Gasteiger partial charge is 2.00 e. The van der Waals surface area contributed by atoms with Crippen molar-refractivity contribution in [2.24, 2.45) is 20.2 Å². The summed E-state index contributed by atoms with van der Waals surface area (Å²) >= 11 is 10.1. The maximum absolute atomic E-state index is 6.16. The van der Waals surface area contributed by atoms with E-state index in [4.69, 9.17) is 34.4 Å². The van der Waals surface area contributed by atoms with Gasteiger partial charge in [0.2, 0.25) is 0 Å². The number of hydrazone groups is 2. The Labute approximate surface area is 211 Å². The molecule has 1 aliphatic heterocycles. The number of hydrogen-bond donors (Lipinski definition) is 2. The molecule has 0 bridgehead atoms. The van der Waals surface area contributed by atoms with Gasteiger partial charge in [0.15, 0.2) is 5.76 Å². The van der Waals surface area contributed by atoms with Gasteiger partial charge in [-0.05, 0) is 57.1 Å². The number of rotatable bonds is 6. The van der Waals surface area contributed by atoms with Gasteiger partial charge in [-0.1, -0.05) is 0 Å². The average Bonchev–Trinajstić information content (AvgIpc) is 3.17. The van der Waals surface area contributed by atoms with Gasteiger partial charge in [0.1, 0.15) is 11.5 Å². The molecule has 0 amide bonds. The maximum Gasteiger partial charge on any atom is 2.00 e. The molecular weight excluding hydrogens is 498 g/mol. The molecule has 0 atom stereocenters. The fourth-order valence-electron chi connectivity index (χ4n) is 3.40. The Hall–Kier alpha value is -1.56. The van der Waals surface area contributed by atoms with Gasteiger partial charge in [-0.15, -0.1) is 0 Å². The average molecular weight is 529 g/mol. The minimum absolute atomic E-state index is 0. The van der Waals surface area contributed by atoms with Crippen molar-refractivity contribution in [3.8, 4) is 0 Å². The molecule has 0 spiro atoms. The van der Waals surface area contributed by atoms with Crippen molar-refractivity contribution >= 4 is 47.0 Å². The molecule has 0 unspecified atom stereocenters. The Balaban J connectivity index is 0.00000512. The molecule has 9 nitrogen and oxygen atoms in total. The van der Waals surface area contributed by atoms with Crippen molar-refractivity contribution < 1.29 is 26.2 Å². The summed E-state index contributed by atoms with van der Waals surface area (Å²) in [5.74, 6) is 1.36. The van der Waals surface area contributed by atoms with Crippen LogP contribution in [0.5, 0.6) is 0 Å². The number of nitrogens with one attached hydrogen (secondary N) is 2. The first-order chi connectivity index (χ1) is 14.5. The van der Waals surface area contributed by atoms with E-state index in [1.165, 1.54) is 0 Å². The monoisotopic (exact) mass is 528 g/mol. The standard InChI is InChI=1S/C20H33N7O2S2.Cu/c1-13(23-25-17(30)21-6)16(24-26-18(31)22-7)15-9-8-14(29-15)10-27-19(2,3)11-28-12-20(27,4)5;/h8-9H,10-12H2,1-7H3,(H2,21,25,30)(H2,22,26,31);/q;+2/p-2/b23-13+,24-16-;. The van der Waals surface area contributed by atoms with Crippen LogP contribution >= 0.6 is 0 Å². The molecule has 2 rings (SSSR count). The Kier molecular flexibility index (Phi) is 10.7. The molecule has 32 heavy (non-hydrogen) atoms. The first kappa shape index (κ1) is 28.5. The van der Waals surface area contributed by atoms with E-state index in [0.29, 0.717) is 36.9 Å². The SMILES string of the molecule is CN=C([S-])N/N=C(/C(C)=N/NC([S-])=NC)c1ccc(CN2C(C)(C)COCC2(C)C)o1.[Cu+2]. The van der Waals surface area contributed by atoms with Gasteiger partial charge in [0.05, 0.1) is 25.5 Å². The Morgan fingerprint density at radius 3 is 2.06 bits per heavy atom. The molecule has 12 heteroatoms. The Morgan fingerprint density at radius 1 is 1.00 bits per heavy atom. The van der Waals surface area contributed by atoms with Gasteiger partial charge < -0.3 is 34.4 Å². The van der Waals surface area contributed by atoms with Crippen LogP contribution in [0.25, 0.3) is 0 Å². The molecule has 1 saturated heterocycles. The second-order valence-corrected chi connectivity index (χ2v) is 9.18. The van der Waals surface area contributed by atoms with Crippen LogP contribution in [-0.2, 0) is 53.6 Å². The molecule has 1 aromatic heterocycles. The Bertz CT molecular complexity index is 878. The van der Waals surface area contributed by atoms with Crippen molar-refractivity contribution in [2.75, 3.05) is 27.3 Å². The zero-order valence-electron chi connectivity index (χ0n) is 19.4. The van der Waals surface area contributed by atoms with Gasteiger partial charge in [0.25, 0.3) is 0 Å². The molecule has 0 aliphatic carbocycles.